The van der Waals surface area contributed by atoms with E-state index in [9.17, 15) is 73.9 Å². The van der Waals surface area contributed by atoms with Crippen LogP contribution >= 0.6 is 0 Å². The summed E-state index contributed by atoms with van der Waals surface area (Å²) in [5, 5.41) is 117. The summed E-state index contributed by atoms with van der Waals surface area (Å²) < 4.78 is 72.5. The fourth-order valence-corrected chi connectivity index (χ4v) is 16.8. The van der Waals surface area contributed by atoms with E-state index >= 15 is 0 Å². The number of carbonyl (C=O) groups excluding carboxylic acids is 1. The number of ether oxygens (including phenoxy) is 6. The van der Waals surface area contributed by atoms with E-state index in [4.69, 9.17) is 28.4 Å². The van der Waals surface area contributed by atoms with E-state index in [-0.39, 0.29) is 59.1 Å². The fourth-order valence-electron chi connectivity index (χ4n) is 15.5. The molecule has 7 fully saturated rings. The molecule has 21 nitrogen and oxygen atoms in total. The van der Waals surface area contributed by atoms with Crippen molar-refractivity contribution >= 4 is 16.1 Å². The van der Waals surface area contributed by atoms with Gasteiger partial charge in [-0.1, -0.05) is 53.2 Å². The van der Waals surface area contributed by atoms with Crippen molar-refractivity contribution in [3.05, 3.63) is 11.6 Å². The zero-order valence-corrected chi connectivity index (χ0v) is 44.8. The molecule has 0 unspecified atom stereocenters. The first-order valence-corrected chi connectivity index (χ1v) is 26.4. The van der Waals surface area contributed by atoms with Gasteiger partial charge in [0, 0.05) is 5.41 Å². The van der Waals surface area contributed by atoms with Crippen molar-refractivity contribution in [3.63, 3.8) is 0 Å². The first kappa shape index (κ1) is 58.2. The van der Waals surface area contributed by atoms with E-state index in [0.717, 1.165) is 5.57 Å². The maximum atomic E-state index is 15.0. The van der Waals surface area contributed by atoms with E-state index in [1.54, 1.807) is 6.92 Å². The molecule has 0 aromatic carbocycles. The summed E-state index contributed by atoms with van der Waals surface area (Å²) in [5.74, 6) is -1.43. The molecule has 23 heteroatoms. The van der Waals surface area contributed by atoms with E-state index < -0.39 is 166 Å². The Bertz CT molecular complexity index is 2080. The molecule has 0 aromatic heterocycles. The average Bonchev–Trinajstić information content (AvgIpc) is 3.28. The van der Waals surface area contributed by atoms with Gasteiger partial charge in [-0.2, -0.15) is 0 Å². The summed E-state index contributed by atoms with van der Waals surface area (Å²) in [6.45, 7) is 11.8. The molecule has 0 radical (unpaired) electrons. The minimum Gasteiger partial charge on any atom is -0.748 e. The van der Waals surface area contributed by atoms with Crippen LogP contribution in [0, 0.1) is 50.2 Å². The first-order chi connectivity index (χ1) is 32.5. The molecule has 0 amide bonds. The Balaban J connectivity index is 0.00000741. The van der Waals surface area contributed by atoms with Crippen LogP contribution in [0.1, 0.15) is 106 Å². The Morgan fingerprint density at radius 3 is 1.97 bits per heavy atom. The maximum absolute atomic E-state index is 15.0. The van der Waals surface area contributed by atoms with Gasteiger partial charge in [-0.15, -0.1) is 0 Å². The van der Waals surface area contributed by atoms with Gasteiger partial charge in [-0.05, 0) is 104 Å². The Morgan fingerprint density at radius 2 is 1.34 bits per heavy atom. The number of aliphatic hydroxyl groups excluding tert-OH is 11. The molecule has 5 aliphatic carbocycles. The van der Waals surface area contributed by atoms with Gasteiger partial charge < -0.3 is 89.1 Å². The molecular formula is C48H77NaO21S. The van der Waals surface area contributed by atoms with E-state index in [1.807, 2.05) is 0 Å². The third kappa shape index (κ3) is 9.40. The second-order valence-electron chi connectivity index (χ2n) is 24.0. The van der Waals surface area contributed by atoms with Crippen LogP contribution in [-0.4, -0.2) is 198 Å². The predicted octanol–water partition coefficient (Wildman–Crippen LogP) is -4.33. The second kappa shape index (κ2) is 20.4. The summed E-state index contributed by atoms with van der Waals surface area (Å²) in [5.41, 5.74) is -3.09. The van der Waals surface area contributed by atoms with Gasteiger partial charge in [0.25, 0.3) is 0 Å². The van der Waals surface area contributed by atoms with Crippen LogP contribution in [0.5, 0.6) is 0 Å². The van der Waals surface area contributed by atoms with Gasteiger partial charge in [-0.3, -0.25) is 4.79 Å². The second-order valence-corrected chi connectivity index (χ2v) is 25.5. The Morgan fingerprint density at radius 1 is 0.732 bits per heavy atom. The summed E-state index contributed by atoms with van der Waals surface area (Å²) in [6, 6.07) is 0. The third-order valence-electron chi connectivity index (χ3n) is 19.6. The van der Waals surface area contributed by atoms with E-state index in [0.29, 0.717) is 51.4 Å². The first-order valence-electron chi connectivity index (χ1n) is 24.9. The number of hydrogen-bond acceptors (Lipinski definition) is 21. The SMILES string of the molecule is C[C@@H]1O[C@@H](O[C@H]2[C@H](O)[C@@H](O)[C@H](OC[C@H]3O[C@@H](OC(=O)[C@]45CCC(C)(C)C[C@H]4C4=CC[C@@H]6[C@@]7(C)C[C@@H](O)[C@H](S(=O)(=O)[O-])[C@@](C)(CO)[C@@H]7CC[C@@]6(C)[C@]4(C)CC5)[C@H](O)[C@@H](O)[C@@H]3O)O[C@@H]2CO)[C@H](O)[C@H](O)[C@H]1O.[Na+]. The van der Waals surface area contributed by atoms with Crippen LogP contribution in [0.25, 0.3) is 0 Å². The Hall–Kier alpha value is -0.520. The van der Waals surface area contributed by atoms with Crippen molar-refractivity contribution in [3.8, 4) is 0 Å². The molecule has 0 aromatic rings. The number of rotatable bonds is 10. The molecule has 4 saturated carbocycles. The van der Waals surface area contributed by atoms with Gasteiger partial charge in [0.2, 0.25) is 6.29 Å². The molecule has 0 bridgehead atoms. The minimum atomic E-state index is -4.96. The Kier molecular flexibility index (Phi) is 16.7. The zero-order valence-electron chi connectivity index (χ0n) is 42.0. The number of allylic oxidation sites excluding steroid dienone is 2. The summed E-state index contributed by atoms with van der Waals surface area (Å²) >= 11 is 0. The van der Waals surface area contributed by atoms with Crippen LogP contribution in [0.3, 0.4) is 0 Å². The van der Waals surface area contributed by atoms with Crippen molar-refractivity contribution in [1.82, 2.24) is 0 Å². The van der Waals surface area contributed by atoms with E-state index in [2.05, 4.69) is 40.7 Å². The molecule has 71 heavy (non-hydrogen) atoms. The van der Waals surface area contributed by atoms with Crippen LogP contribution < -0.4 is 29.6 Å². The number of esters is 1. The fraction of sp³-hybridized carbons (Fsp3) is 0.938. The molecule has 25 atom stereocenters. The van der Waals surface area contributed by atoms with Crippen LogP contribution in [0.15, 0.2) is 11.6 Å². The van der Waals surface area contributed by atoms with Crippen molar-refractivity contribution in [2.24, 2.45) is 50.2 Å². The van der Waals surface area contributed by atoms with Crippen molar-refractivity contribution in [1.29, 1.82) is 0 Å². The van der Waals surface area contributed by atoms with Crippen LogP contribution in [-0.2, 0) is 43.3 Å². The largest absolute Gasteiger partial charge is 1.00 e. The molecule has 11 N–H and O–H groups in total. The molecule has 402 valence electrons. The topological polar surface area (TPSA) is 352 Å². The van der Waals surface area contributed by atoms with Gasteiger partial charge >= 0.3 is 35.5 Å². The summed E-state index contributed by atoms with van der Waals surface area (Å²) in [6.07, 6.45) is -19.6. The van der Waals surface area contributed by atoms with Crippen molar-refractivity contribution < 1.29 is 132 Å². The smallest absolute Gasteiger partial charge is 0.748 e. The van der Waals surface area contributed by atoms with Crippen molar-refractivity contribution in [2.45, 2.75) is 210 Å². The van der Waals surface area contributed by atoms with Gasteiger partial charge in [0.15, 0.2) is 12.6 Å². The third-order valence-corrected chi connectivity index (χ3v) is 21.1. The summed E-state index contributed by atoms with van der Waals surface area (Å²) in [7, 11) is -4.96. The van der Waals surface area contributed by atoms with Crippen LogP contribution in [0.4, 0.5) is 0 Å². The molecule has 3 heterocycles. The number of fused-ring (bicyclic) bond motifs is 7. The van der Waals surface area contributed by atoms with Crippen LogP contribution in [0.2, 0.25) is 0 Å². The molecule has 3 aliphatic heterocycles. The number of hydrogen-bond donors (Lipinski definition) is 11. The monoisotopic (exact) mass is 1040 g/mol. The van der Waals surface area contributed by atoms with Crippen molar-refractivity contribution in [2.75, 3.05) is 19.8 Å². The van der Waals surface area contributed by atoms with Gasteiger partial charge in [0.05, 0.1) is 42.7 Å². The molecule has 8 rings (SSSR count). The standard InChI is InChI=1S/C48H78O21S.Na/c1-21-29(52)31(54)34(57)40(65-21)68-37-25(18-49)66-39(36(59)33(37)56)64-19-26-30(53)32(55)35(58)41(67-26)69-42(60)48-14-12-43(2,3)16-23(48)22-8-9-28-44(4)17-24(51)38(70(61,62)63)45(5,20-50)27(44)10-11-47(28,7)46(22,6)13-15-48;/h8,21,23-41,49-59H,9-20H2,1-7H3,(H,61,62,63);/q;+1/p-1/t21-,23-,24+,25+,26+,27+,28+,29-,30+,31+,32-,33+,34+,35+,36+,37+,38-,39+,40-,41-,44-,45-,46+,47+,48-;/m0./s1. The Labute approximate surface area is 437 Å². The number of aliphatic hydroxyl groups is 11. The zero-order chi connectivity index (χ0) is 51.6. The molecule has 8 aliphatic rings. The minimum absolute atomic E-state index is 0. The molecule has 0 spiro atoms. The van der Waals surface area contributed by atoms with E-state index in [1.165, 1.54) is 6.92 Å². The molecular weight excluding hydrogens is 968 g/mol. The van der Waals surface area contributed by atoms with Gasteiger partial charge in [0.1, 0.15) is 77.3 Å². The van der Waals surface area contributed by atoms with Gasteiger partial charge in [-0.25, -0.2) is 8.42 Å². The maximum Gasteiger partial charge on any atom is 1.00 e. The average molecular weight is 1050 g/mol. The quantitative estimate of drug-likeness (QED) is 0.0426. The number of carbonyl (C=O) groups is 1. The summed E-state index contributed by atoms with van der Waals surface area (Å²) in [4.78, 5) is 15.0. The normalized spacial score (nSPS) is 52.9. The predicted molar refractivity (Wildman–Crippen MR) is 239 cm³/mol. The molecule has 3 saturated heterocycles.